The predicted octanol–water partition coefficient (Wildman–Crippen LogP) is 2.77. The molecule has 1 aromatic carbocycles. The molecule has 7 heteroatoms. The van der Waals surface area contributed by atoms with Gasteiger partial charge in [0.05, 0.1) is 6.04 Å². The van der Waals surface area contributed by atoms with E-state index < -0.39 is 0 Å². The van der Waals surface area contributed by atoms with Crippen LogP contribution in [0.3, 0.4) is 0 Å². The molecule has 1 aliphatic rings. The van der Waals surface area contributed by atoms with E-state index >= 15 is 0 Å². The van der Waals surface area contributed by atoms with Gasteiger partial charge < -0.3 is 14.8 Å². The molecule has 0 bridgehead atoms. The summed E-state index contributed by atoms with van der Waals surface area (Å²) in [6.45, 7) is 6.79. The largest absolute Gasteiger partial charge is 0.333 e. The topological polar surface area (TPSA) is 54.3 Å². The summed E-state index contributed by atoms with van der Waals surface area (Å²) in [5.74, 6) is 0.114. The van der Waals surface area contributed by atoms with Gasteiger partial charge in [0.25, 0.3) is 0 Å². The Morgan fingerprint density at radius 2 is 2.04 bits per heavy atom. The summed E-state index contributed by atoms with van der Waals surface area (Å²) in [5, 5.41) is 5.23. The van der Waals surface area contributed by atoms with E-state index in [0.29, 0.717) is 19.5 Å². The summed E-state index contributed by atoms with van der Waals surface area (Å²) in [6, 6.07) is 8.60. The number of halogens is 1. The summed E-state index contributed by atoms with van der Waals surface area (Å²) < 4.78 is 1.69. The third-order valence-corrected chi connectivity index (χ3v) is 5.74. The molecule has 2 heterocycles. The lowest BCUT2D eigenvalue weighted by molar-refractivity contribution is -0.134. The van der Waals surface area contributed by atoms with Crippen LogP contribution in [0, 0.1) is 6.92 Å². The van der Waals surface area contributed by atoms with Gasteiger partial charge in [-0.25, -0.2) is 0 Å². The van der Waals surface area contributed by atoms with Gasteiger partial charge >= 0.3 is 4.87 Å². The number of rotatable bonds is 5. The first-order valence-corrected chi connectivity index (χ1v) is 9.72. The van der Waals surface area contributed by atoms with Crippen molar-refractivity contribution in [3.8, 4) is 0 Å². The summed E-state index contributed by atoms with van der Waals surface area (Å²) in [6.07, 6.45) is 1.38. The average Bonchev–Trinajstić information content (AvgIpc) is 2.97. The van der Waals surface area contributed by atoms with Crippen molar-refractivity contribution in [2.45, 2.75) is 39.3 Å². The van der Waals surface area contributed by atoms with E-state index in [-0.39, 0.29) is 29.2 Å². The highest BCUT2D eigenvalue weighted by Gasteiger charge is 2.27. The molecule has 1 amide bonds. The van der Waals surface area contributed by atoms with Crippen LogP contribution in [0.5, 0.6) is 0 Å². The molecule has 1 saturated heterocycles. The number of hydrogen-bond donors (Lipinski definition) is 1. The molecule has 1 aromatic heterocycles. The fourth-order valence-electron chi connectivity index (χ4n) is 3.30. The quantitative estimate of drug-likeness (QED) is 0.846. The zero-order valence-electron chi connectivity index (χ0n) is 15.2. The molecule has 0 spiro atoms. The Hall–Kier alpha value is -1.63. The van der Waals surface area contributed by atoms with Crippen molar-refractivity contribution in [2.24, 2.45) is 0 Å². The van der Waals surface area contributed by atoms with E-state index in [1.807, 2.05) is 17.2 Å². The number of nitrogens with one attached hydrogen (secondary N) is 1. The minimum absolute atomic E-state index is 0. The molecule has 2 aromatic rings. The number of thiazole rings is 1. The Bertz CT molecular complexity index is 785. The third kappa shape index (κ3) is 4.55. The molecule has 1 aliphatic heterocycles. The maximum atomic E-state index is 12.8. The van der Waals surface area contributed by atoms with Gasteiger partial charge in [0.15, 0.2) is 0 Å². The van der Waals surface area contributed by atoms with Crippen molar-refractivity contribution < 1.29 is 4.79 Å². The highest BCUT2D eigenvalue weighted by atomic mass is 35.5. The van der Waals surface area contributed by atoms with Crippen molar-refractivity contribution in [3.05, 3.63) is 56.1 Å². The molecular formula is C19H26ClN3O2S. The van der Waals surface area contributed by atoms with E-state index in [1.165, 1.54) is 22.5 Å². The van der Waals surface area contributed by atoms with E-state index in [1.54, 1.807) is 4.57 Å². The van der Waals surface area contributed by atoms with Crippen molar-refractivity contribution >= 4 is 29.7 Å². The van der Waals surface area contributed by atoms with E-state index in [0.717, 1.165) is 25.2 Å². The maximum absolute atomic E-state index is 12.8. The first kappa shape index (κ1) is 20.7. The lowest BCUT2D eigenvalue weighted by Crippen LogP contribution is -2.48. The summed E-state index contributed by atoms with van der Waals surface area (Å²) in [5.41, 5.74) is 3.40. The SMILES string of the molecule is CCc1ccc(C2CNCCN2C(=O)CCn2c(C)csc2=O)cc1.Cl. The number of piperazine rings is 1. The van der Waals surface area contributed by atoms with Gasteiger partial charge in [0, 0.05) is 43.7 Å². The van der Waals surface area contributed by atoms with Crippen molar-refractivity contribution in [3.63, 3.8) is 0 Å². The van der Waals surface area contributed by atoms with Crippen LogP contribution in [0.2, 0.25) is 0 Å². The van der Waals surface area contributed by atoms with Crippen LogP contribution in [0.1, 0.15) is 36.2 Å². The fraction of sp³-hybridized carbons (Fsp3) is 0.474. The molecule has 0 saturated carbocycles. The zero-order valence-corrected chi connectivity index (χ0v) is 16.9. The molecular weight excluding hydrogens is 370 g/mol. The molecule has 1 fully saturated rings. The number of amides is 1. The molecule has 1 unspecified atom stereocenters. The second kappa shape index (κ2) is 9.35. The molecule has 3 rings (SSSR count). The van der Waals surface area contributed by atoms with Gasteiger partial charge in [0.2, 0.25) is 5.91 Å². The smallest absolute Gasteiger partial charge is 0.307 e. The van der Waals surface area contributed by atoms with Crippen LogP contribution in [-0.4, -0.2) is 35.0 Å². The van der Waals surface area contributed by atoms with E-state index in [4.69, 9.17) is 0 Å². The summed E-state index contributed by atoms with van der Waals surface area (Å²) in [4.78, 5) is 26.6. The van der Waals surface area contributed by atoms with Crippen LogP contribution < -0.4 is 10.2 Å². The van der Waals surface area contributed by atoms with Gasteiger partial charge in [-0.2, -0.15) is 0 Å². The molecule has 142 valence electrons. The number of aromatic nitrogens is 1. The van der Waals surface area contributed by atoms with Gasteiger partial charge in [-0.1, -0.05) is 42.5 Å². The minimum Gasteiger partial charge on any atom is -0.333 e. The summed E-state index contributed by atoms with van der Waals surface area (Å²) in [7, 11) is 0. The monoisotopic (exact) mass is 395 g/mol. The summed E-state index contributed by atoms with van der Waals surface area (Å²) >= 11 is 1.19. The van der Waals surface area contributed by atoms with Crippen molar-refractivity contribution in [1.29, 1.82) is 0 Å². The van der Waals surface area contributed by atoms with Crippen LogP contribution in [0.4, 0.5) is 0 Å². The average molecular weight is 396 g/mol. The Labute approximate surface area is 164 Å². The number of hydrogen-bond acceptors (Lipinski definition) is 4. The van der Waals surface area contributed by atoms with Crippen molar-refractivity contribution in [1.82, 2.24) is 14.8 Å². The lowest BCUT2D eigenvalue weighted by atomic mass is 10.0. The van der Waals surface area contributed by atoms with Crippen LogP contribution in [0.25, 0.3) is 0 Å². The molecule has 1 atom stereocenters. The Morgan fingerprint density at radius 1 is 1.31 bits per heavy atom. The lowest BCUT2D eigenvalue weighted by Gasteiger charge is -2.36. The van der Waals surface area contributed by atoms with Crippen molar-refractivity contribution in [2.75, 3.05) is 19.6 Å². The second-order valence-electron chi connectivity index (χ2n) is 6.45. The number of nitrogens with zero attached hydrogens (tertiary/aromatic N) is 2. The predicted molar refractivity (Wildman–Crippen MR) is 108 cm³/mol. The van der Waals surface area contributed by atoms with Gasteiger partial charge in [-0.3, -0.25) is 9.59 Å². The molecule has 0 aliphatic carbocycles. The Balaban J connectivity index is 0.00000243. The van der Waals surface area contributed by atoms with Crippen LogP contribution in [0.15, 0.2) is 34.4 Å². The van der Waals surface area contributed by atoms with Gasteiger partial charge in [-0.05, 0) is 24.5 Å². The van der Waals surface area contributed by atoms with E-state index in [9.17, 15) is 9.59 Å². The number of carbonyl (C=O) groups excluding carboxylic acids is 1. The molecule has 26 heavy (non-hydrogen) atoms. The molecule has 5 nitrogen and oxygen atoms in total. The fourth-order valence-corrected chi connectivity index (χ4v) is 4.06. The maximum Gasteiger partial charge on any atom is 0.307 e. The van der Waals surface area contributed by atoms with Crippen LogP contribution >= 0.6 is 23.7 Å². The second-order valence-corrected chi connectivity index (χ2v) is 7.27. The number of carbonyl (C=O) groups is 1. The van der Waals surface area contributed by atoms with Gasteiger partial charge in [0.1, 0.15) is 0 Å². The molecule has 1 N–H and O–H groups in total. The van der Waals surface area contributed by atoms with E-state index in [2.05, 4.69) is 36.5 Å². The standard InChI is InChI=1S/C19H25N3O2S.ClH/c1-3-15-4-6-16(7-5-15)17-12-20-9-11-22(17)18(23)8-10-21-14(2)13-25-19(21)24;/h4-7,13,17,20H,3,8-12H2,1-2H3;1H. The zero-order chi connectivity index (χ0) is 17.8. The Kier molecular flexibility index (Phi) is 7.43. The Morgan fingerprint density at radius 3 is 2.65 bits per heavy atom. The van der Waals surface area contributed by atoms with Gasteiger partial charge in [-0.15, -0.1) is 12.4 Å². The first-order valence-electron chi connectivity index (χ1n) is 8.84. The minimum atomic E-state index is 0. The third-order valence-electron chi connectivity index (χ3n) is 4.86. The first-order chi connectivity index (χ1) is 12.1. The highest BCUT2D eigenvalue weighted by molar-refractivity contribution is 7.07. The molecule has 0 radical (unpaired) electrons. The number of aryl methyl sites for hydroxylation is 2. The highest BCUT2D eigenvalue weighted by Crippen LogP contribution is 2.23. The normalized spacial score (nSPS) is 17.0. The number of benzene rings is 1. The van der Waals surface area contributed by atoms with Crippen LogP contribution in [-0.2, 0) is 17.8 Å².